The molecule has 2 unspecified atom stereocenters. The Morgan fingerprint density at radius 1 is 1.28 bits per heavy atom. The quantitative estimate of drug-likeness (QED) is 0.757. The maximum atomic E-state index is 12.4. The lowest BCUT2D eigenvalue weighted by molar-refractivity contribution is 0.00135. The molecule has 2 heterocycles. The Morgan fingerprint density at radius 3 is 2.28 bits per heavy atom. The number of ether oxygens (including phenoxy) is 1. The first-order chi connectivity index (χ1) is 8.40. The Kier molecular flexibility index (Phi) is 3.83. The zero-order valence-electron chi connectivity index (χ0n) is 11.6. The highest BCUT2D eigenvalue weighted by atomic mass is 19.1. The molecule has 18 heavy (non-hydrogen) atoms. The van der Waals surface area contributed by atoms with Crippen LogP contribution in [0, 0.1) is 5.92 Å². The summed E-state index contributed by atoms with van der Waals surface area (Å²) >= 11 is 0. The maximum Gasteiger partial charge on any atom is 0.410 e. The lowest BCUT2D eigenvalue weighted by atomic mass is 9.89. The third-order valence-corrected chi connectivity index (χ3v) is 3.95. The Hall–Kier alpha value is -0.800. The van der Waals surface area contributed by atoms with E-state index in [0.717, 1.165) is 25.7 Å². The second-order valence-corrected chi connectivity index (χ2v) is 6.59. The van der Waals surface area contributed by atoms with Crippen LogP contribution in [0.2, 0.25) is 0 Å². The second-order valence-electron chi connectivity index (χ2n) is 6.59. The first-order valence-electron chi connectivity index (χ1n) is 6.98. The van der Waals surface area contributed by atoms with Crippen LogP contribution in [-0.2, 0) is 4.74 Å². The zero-order chi connectivity index (χ0) is 13.3. The van der Waals surface area contributed by atoms with Gasteiger partial charge in [-0.05, 0) is 58.8 Å². The van der Waals surface area contributed by atoms with E-state index in [1.165, 1.54) is 0 Å². The maximum absolute atomic E-state index is 12.4. The first-order valence-corrected chi connectivity index (χ1v) is 6.98. The van der Waals surface area contributed by atoms with Gasteiger partial charge in [0.15, 0.2) is 0 Å². The van der Waals surface area contributed by atoms with E-state index in [9.17, 15) is 9.18 Å². The number of rotatable bonds is 2. The molecule has 0 aromatic rings. The van der Waals surface area contributed by atoms with Crippen LogP contribution in [0.15, 0.2) is 0 Å². The summed E-state index contributed by atoms with van der Waals surface area (Å²) in [6.07, 6.45) is 4.45. The van der Waals surface area contributed by atoms with Crippen molar-refractivity contribution in [2.45, 2.75) is 70.6 Å². The molecule has 0 aliphatic carbocycles. The molecule has 0 spiro atoms. The predicted octanol–water partition coefficient (Wildman–Crippen LogP) is 3.52. The number of alkyl halides is 1. The largest absolute Gasteiger partial charge is 0.444 e. The summed E-state index contributed by atoms with van der Waals surface area (Å²) in [6.45, 7) is 5.44. The number of nitrogens with zero attached hydrogens (tertiary/aromatic N) is 1. The minimum absolute atomic E-state index is 0.186. The SMILES string of the molecule is CC(C)(C)OC(=O)N1C2CCC1CC(CCF)C2. The summed E-state index contributed by atoms with van der Waals surface area (Å²) in [6, 6.07) is 0.547. The van der Waals surface area contributed by atoms with E-state index in [1.807, 2.05) is 25.7 Å². The molecule has 0 N–H and O–H groups in total. The topological polar surface area (TPSA) is 29.5 Å². The number of carbonyl (C=O) groups is 1. The standard InChI is InChI=1S/C14H24FNO2/c1-14(2,3)18-13(17)16-11-4-5-12(16)9-10(8-11)6-7-15/h10-12H,4-9H2,1-3H3. The Morgan fingerprint density at radius 2 is 1.83 bits per heavy atom. The van der Waals surface area contributed by atoms with Crippen LogP contribution in [-0.4, -0.2) is 35.4 Å². The molecule has 2 saturated heterocycles. The molecule has 2 aliphatic rings. The van der Waals surface area contributed by atoms with Crippen molar-refractivity contribution in [1.29, 1.82) is 0 Å². The highest BCUT2D eigenvalue weighted by molar-refractivity contribution is 5.69. The van der Waals surface area contributed by atoms with Gasteiger partial charge in [0.1, 0.15) is 5.60 Å². The smallest absolute Gasteiger partial charge is 0.410 e. The van der Waals surface area contributed by atoms with E-state index < -0.39 is 5.60 Å². The fourth-order valence-corrected chi connectivity index (χ4v) is 3.29. The monoisotopic (exact) mass is 257 g/mol. The van der Waals surface area contributed by atoms with E-state index in [4.69, 9.17) is 4.74 Å². The molecule has 0 saturated carbocycles. The van der Waals surface area contributed by atoms with Gasteiger partial charge in [-0.3, -0.25) is 4.39 Å². The minimum Gasteiger partial charge on any atom is -0.444 e. The number of halogens is 1. The van der Waals surface area contributed by atoms with Crippen molar-refractivity contribution < 1.29 is 13.9 Å². The molecule has 2 fully saturated rings. The molecular formula is C14H24FNO2. The molecule has 3 nitrogen and oxygen atoms in total. The van der Waals surface area contributed by atoms with Gasteiger partial charge in [-0.1, -0.05) is 0 Å². The normalized spacial score (nSPS) is 31.6. The molecule has 104 valence electrons. The molecule has 4 heteroatoms. The number of piperidine rings is 1. The van der Waals surface area contributed by atoms with Gasteiger partial charge in [0, 0.05) is 12.1 Å². The molecule has 2 atom stereocenters. The van der Waals surface area contributed by atoms with Crippen molar-refractivity contribution in [2.24, 2.45) is 5.92 Å². The fourth-order valence-electron chi connectivity index (χ4n) is 3.29. The zero-order valence-corrected chi connectivity index (χ0v) is 11.6. The third kappa shape index (κ3) is 2.96. The van der Waals surface area contributed by atoms with Crippen molar-refractivity contribution in [3.05, 3.63) is 0 Å². The van der Waals surface area contributed by atoms with Gasteiger partial charge in [0.2, 0.25) is 0 Å². The van der Waals surface area contributed by atoms with Gasteiger partial charge in [-0.2, -0.15) is 0 Å². The lowest BCUT2D eigenvalue weighted by Gasteiger charge is -2.39. The Labute approximate surface area is 109 Å². The van der Waals surface area contributed by atoms with Crippen molar-refractivity contribution in [3.63, 3.8) is 0 Å². The van der Waals surface area contributed by atoms with Gasteiger partial charge in [-0.15, -0.1) is 0 Å². The molecule has 0 aromatic heterocycles. The highest BCUT2D eigenvalue weighted by Gasteiger charge is 2.44. The Bertz CT molecular complexity index is 299. The van der Waals surface area contributed by atoms with Gasteiger partial charge in [0.05, 0.1) is 6.67 Å². The lowest BCUT2D eigenvalue weighted by Crippen LogP contribution is -2.48. The number of hydrogen-bond acceptors (Lipinski definition) is 2. The number of amides is 1. The van der Waals surface area contributed by atoms with Crippen LogP contribution in [0.5, 0.6) is 0 Å². The van der Waals surface area contributed by atoms with Gasteiger partial charge >= 0.3 is 6.09 Å². The number of carbonyl (C=O) groups excluding carboxylic acids is 1. The molecule has 1 amide bonds. The molecule has 2 aliphatic heterocycles. The van der Waals surface area contributed by atoms with E-state index >= 15 is 0 Å². The van der Waals surface area contributed by atoms with E-state index in [1.54, 1.807) is 0 Å². The van der Waals surface area contributed by atoms with Crippen molar-refractivity contribution in [3.8, 4) is 0 Å². The number of hydrogen-bond donors (Lipinski definition) is 0. The second kappa shape index (κ2) is 5.06. The first kappa shape index (κ1) is 13.6. The molecule has 2 bridgehead atoms. The van der Waals surface area contributed by atoms with Gasteiger partial charge < -0.3 is 9.64 Å². The van der Waals surface area contributed by atoms with Crippen LogP contribution < -0.4 is 0 Å². The summed E-state index contributed by atoms with van der Waals surface area (Å²) in [7, 11) is 0. The highest BCUT2D eigenvalue weighted by Crippen LogP contribution is 2.40. The molecule has 0 radical (unpaired) electrons. The summed E-state index contributed by atoms with van der Waals surface area (Å²) in [4.78, 5) is 14.1. The summed E-state index contributed by atoms with van der Waals surface area (Å²) < 4.78 is 17.9. The van der Waals surface area contributed by atoms with Crippen LogP contribution in [0.3, 0.4) is 0 Å². The fraction of sp³-hybridized carbons (Fsp3) is 0.929. The van der Waals surface area contributed by atoms with Crippen LogP contribution in [0.25, 0.3) is 0 Å². The molecular weight excluding hydrogens is 233 g/mol. The van der Waals surface area contributed by atoms with E-state index in [0.29, 0.717) is 12.3 Å². The summed E-state index contributed by atoms with van der Waals surface area (Å²) in [5, 5.41) is 0. The van der Waals surface area contributed by atoms with Crippen molar-refractivity contribution in [2.75, 3.05) is 6.67 Å². The Balaban J connectivity index is 1.98. The number of fused-ring (bicyclic) bond motifs is 2. The average Bonchev–Trinajstić information content (AvgIpc) is 2.49. The van der Waals surface area contributed by atoms with Crippen LogP contribution in [0.4, 0.5) is 9.18 Å². The molecule has 2 rings (SSSR count). The summed E-state index contributed by atoms with van der Waals surface area (Å²) in [5.41, 5.74) is -0.438. The van der Waals surface area contributed by atoms with Crippen molar-refractivity contribution in [1.82, 2.24) is 4.90 Å². The van der Waals surface area contributed by atoms with Crippen LogP contribution >= 0.6 is 0 Å². The predicted molar refractivity (Wildman–Crippen MR) is 68.2 cm³/mol. The van der Waals surface area contributed by atoms with Crippen molar-refractivity contribution >= 4 is 6.09 Å². The van der Waals surface area contributed by atoms with Crippen LogP contribution in [0.1, 0.15) is 52.9 Å². The van der Waals surface area contributed by atoms with Gasteiger partial charge in [0.25, 0.3) is 0 Å². The van der Waals surface area contributed by atoms with E-state index in [2.05, 4.69) is 0 Å². The summed E-state index contributed by atoms with van der Waals surface area (Å²) in [5.74, 6) is 0.450. The third-order valence-electron chi connectivity index (χ3n) is 3.95. The minimum atomic E-state index is -0.438. The average molecular weight is 257 g/mol. The van der Waals surface area contributed by atoms with Gasteiger partial charge in [-0.25, -0.2) is 4.79 Å². The molecule has 0 aromatic carbocycles. The van der Waals surface area contributed by atoms with E-state index in [-0.39, 0.29) is 24.9 Å².